The van der Waals surface area contributed by atoms with E-state index in [0.29, 0.717) is 5.75 Å². The molecule has 5 heteroatoms. The summed E-state index contributed by atoms with van der Waals surface area (Å²) in [6.07, 6.45) is -0.324. The van der Waals surface area contributed by atoms with Gasteiger partial charge in [-0.2, -0.15) is 11.8 Å². The molecular weight excluding hydrogens is 214 g/mol. The fourth-order valence-electron chi connectivity index (χ4n) is 1.56. The molecule has 0 bridgehead atoms. The van der Waals surface area contributed by atoms with E-state index < -0.39 is 6.10 Å². The molecule has 2 atom stereocenters. The zero-order chi connectivity index (χ0) is 11.1. The van der Waals surface area contributed by atoms with Gasteiger partial charge >= 0.3 is 0 Å². The second-order valence-electron chi connectivity index (χ2n) is 3.76. The molecule has 0 aromatic rings. The van der Waals surface area contributed by atoms with Crippen molar-refractivity contribution in [2.24, 2.45) is 0 Å². The van der Waals surface area contributed by atoms with Crippen LogP contribution in [0, 0.1) is 0 Å². The van der Waals surface area contributed by atoms with Crippen LogP contribution >= 0.6 is 11.8 Å². The quantitative estimate of drug-likeness (QED) is 0.667. The number of likely N-dealkylation sites (N-methyl/N-ethyl adjacent to an activating group) is 1. The fourth-order valence-corrected chi connectivity index (χ4v) is 2.53. The third kappa shape index (κ3) is 5.17. The van der Waals surface area contributed by atoms with E-state index in [1.165, 1.54) is 0 Å². The van der Waals surface area contributed by atoms with Crippen molar-refractivity contribution in [1.82, 2.24) is 4.90 Å². The van der Waals surface area contributed by atoms with Crippen molar-refractivity contribution >= 4 is 11.8 Å². The molecule has 1 heterocycles. The van der Waals surface area contributed by atoms with Crippen molar-refractivity contribution in [3.63, 3.8) is 0 Å². The first-order chi connectivity index (χ1) is 7.26. The molecule has 0 aliphatic carbocycles. The van der Waals surface area contributed by atoms with Crippen LogP contribution in [0.1, 0.15) is 6.92 Å². The lowest BCUT2D eigenvalue weighted by atomic mass is 10.3. The monoisotopic (exact) mass is 235 g/mol. The Morgan fingerprint density at radius 3 is 3.07 bits per heavy atom. The largest absolute Gasteiger partial charge is 0.394 e. The van der Waals surface area contributed by atoms with Gasteiger partial charge in [0.15, 0.2) is 0 Å². The third-order valence-corrected chi connectivity index (χ3v) is 3.72. The molecule has 0 saturated carbocycles. The van der Waals surface area contributed by atoms with Gasteiger partial charge < -0.3 is 14.9 Å². The number of nitrogens with zero attached hydrogens (tertiary/aromatic N) is 1. The van der Waals surface area contributed by atoms with Crippen LogP contribution in [0.2, 0.25) is 0 Å². The van der Waals surface area contributed by atoms with Gasteiger partial charge in [-0.25, -0.2) is 0 Å². The summed E-state index contributed by atoms with van der Waals surface area (Å²) in [7, 11) is 0. The Kier molecular flexibility index (Phi) is 6.59. The van der Waals surface area contributed by atoms with Gasteiger partial charge in [0, 0.05) is 24.6 Å². The molecule has 0 radical (unpaired) electrons. The molecule has 1 saturated heterocycles. The molecule has 1 rings (SSSR count). The van der Waals surface area contributed by atoms with Gasteiger partial charge in [-0.05, 0) is 6.54 Å². The first-order valence-electron chi connectivity index (χ1n) is 5.46. The smallest absolute Gasteiger partial charge is 0.0861 e. The predicted octanol–water partition coefficient (Wildman–Crippen LogP) is -0.206. The third-order valence-electron chi connectivity index (χ3n) is 2.49. The summed E-state index contributed by atoms with van der Waals surface area (Å²) in [5.74, 6) is 1.48. The molecule has 15 heavy (non-hydrogen) atoms. The normalized spacial score (nSPS) is 25.4. The molecule has 0 spiro atoms. The van der Waals surface area contributed by atoms with Gasteiger partial charge in [0.2, 0.25) is 0 Å². The highest BCUT2D eigenvalue weighted by Crippen LogP contribution is 2.12. The Morgan fingerprint density at radius 2 is 2.40 bits per heavy atom. The van der Waals surface area contributed by atoms with Gasteiger partial charge in [-0.1, -0.05) is 6.92 Å². The first kappa shape index (κ1) is 13.3. The summed E-state index contributed by atoms with van der Waals surface area (Å²) < 4.78 is 5.62. The number of rotatable bonds is 6. The summed E-state index contributed by atoms with van der Waals surface area (Å²) in [5.41, 5.74) is 0. The van der Waals surface area contributed by atoms with Crippen LogP contribution in [0.3, 0.4) is 0 Å². The van der Waals surface area contributed by atoms with Crippen LogP contribution in [0.15, 0.2) is 0 Å². The van der Waals surface area contributed by atoms with E-state index in [1.807, 2.05) is 0 Å². The molecule has 2 unspecified atom stereocenters. The van der Waals surface area contributed by atoms with E-state index in [1.54, 1.807) is 11.8 Å². The molecular formula is C10H21NO3S. The lowest BCUT2D eigenvalue weighted by Gasteiger charge is -2.31. The lowest BCUT2D eigenvalue weighted by molar-refractivity contribution is -0.0137. The Balaban J connectivity index is 2.10. The highest BCUT2D eigenvalue weighted by molar-refractivity contribution is 7.99. The van der Waals surface area contributed by atoms with Crippen LogP contribution in [0.5, 0.6) is 0 Å². The summed E-state index contributed by atoms with van der Waals surface area (Å²) in [4.78, 5) is 2.37. The van der Waals surface area contributed by atoms with Crippen molar-refractivity contribution in [3.05, 3.63) is 0 Å². The summed E-state index contributed by atoms with van der Waals surface area (Å²) in [5, 5.41) is 17.8. The standard InChI is InChI=1S/C10H21NO3S/c1-2-11-3-4-14-10(5-11)8-15-7-9(13)6-12/h9-10,12-13H,2-8H2,1H3. The highest BCUT2D eigenvalue weighted by Gasteiger charge is 2.19. The van der Waals surface area contributed by atoms with E-state index in [0.717, 1.165) is 32.0 Å². The zero-order valence-corrected chi connectivity index (χ0v) is 10.1. The van der Waals surface area contributed by atoms with Crippen molar-refractivity contribution in [1.29, 1.82) is 0 Å². The Labute approximate surface area is 95.6 Å². The minimum Gasteiger partial charge on any atom is -0.394 e. The maximum atomic E-state index is 9.16. The number of aliphatic hydroxyl groups excluding tert-OH is 2. The van der Waals surface area contributed by atoms with Crippen LogP contribution < -0.4 is 0 Å². The molecule has 2 N–H and O–H groups in total. The lowest BCUT2D eigenvalue weighted by Crippen LogP contribution is -2.43. The van der Waals surface area contributed by atoms with Gasteiger partial charge in [-0.15, -0.1) is 0 Å². The molecule has 1 fully saturated rings. The SMILES string of the molecule is CCN1CCOC(CSCC(O)CO)C1. The molecule has 0 aromatic carbocycles. The summed E-state index contributed by atoms with van der Waals surface area (Å²) in [6.45, 7) is 5.89. The number of aliphatic hydroxyl groups is 2. The highest BCUT2D eigenvalue weighted by atomic mass is 32.2. The van der Waals surface area contributed by atoms with E-state index in [9.17, 15) is 0 Å². The maximum Gasteiger partial charge on any atom is 0.0861 e. The molecule has 1 aliphatic heterocycles. The van der Waals surface area contributed by atoms with Crippen LogP contribution in [-0.2, 0) is 4.74 Å². The first-order valence-corrected chi connectivity index (χ1v) is 6.62. The minimum atomic E-state index is -0.596. The summed E-state index contributed by atoms with van der Waals surface area (Å²) >= 11 is 1.64. The van der Waals surface area contributed by atoms with Gasteiger partial charge in [0.25, 0.3) is 0 Å². The zero-order valence-electron chi connectivity index (χ0n) is 9.26. The average Bonchev–Trinajstić information content (AvgIpc) is 2.29. The minimum absolute atomic E-state index is 0.153. The summed E-state index contributed by atoms with van der Waals surface area (Å²) in [6, 6.07) is 0. The van der Waals surface area contributed by atoms with Gasteiger partial charge in [-0.3, -0.25) is 4.90 Å². The van der Waals surface area contributed by atoms with Gasteiger partial charge in [0.05, 0.1) is 25.4 Å². The van der Waals surface area contributed by atoms with E-state index in [4.69, 9.17) is 14.9 Å². The fraction of sp³-hybridized carbons (Fsp3) is 1.00. The second kappa shape index (κ2) is 7.46. The van der Waals surface area contributed by atoms with Gasteiger partial charge in [0.1, 0.15) is 0 Å². The topological polar surface area (TPSA) is 52.9 Å². The molecule has 0 aromatic heterocycles. The van der Waals surface area contributed by atoms with Crippen molar-refractivity contribution in [2.45, 2.75) is 19.1 Å². The number of ether oxygens (including phenoxy) is 1. The molecule has 4 nitrogen and oxygen atoms in total. The average molecular weight is 235 g/mol. The van der Waals surface area contributed by atoms with E-state index >= 15 is 0 Å². The van der Waals surface area contributed by atoms with E-state index in [-0.39, 0.29) is 12.7 Å². The van der Waals surface area contributed by atoms with Crippen LogP contribution in [-0.4, -0.2) is 71.7 Å². The number of thioether (sulfide) groups is 1. The molecule has 90 valence electrons. The number of hydrogen-bond acceptors (Lipinski definition) is 5. The maximum absolute atomic E-state index is 9.16. The van der Waals surface area contributed by atoms with E-state index in [2.05, 4.69) is 11.8 Å². The molecule has 0 amide bonds. The van der Waals surface area contributed by atoms with Crippen molar-refractivity contribution < 1.29 is 14.9 Å². The Bertz CT molecular complexity index is 171. The Morgan fingerprint density at radius 1 is 1.60 bits per heavy atom. The van der Waals surface area contributed by atoms with Crippen LogP contribution in [0.25, 0.3) is 0 Å². The number of hydrogen-bond donors (Lipinski definition) is 2. The van der Waals surface area contributed by atoms with Crippen molar-refractivity contribution in [2.75, 3.05) is 44.4 Å². The Hall–Kier alpha value is 0.190. The number of morpholine rings is 1. The van der Waals surface area contributed by atoms with Crippen LogP contribution in [0.4, 0.5) is 0 Å². The predicted molar refractivity (Wildman–Crippen MR) is 62.3 cm³/mol. The molecule has 1 aliphatic rings. The second-order valence-corrected chi connectivity index (χ2v) is 4.83. The van der Waals surface area contributed by atoms with Crippen molar-refractivity contribution in [3.8, 4) is 0 Å².